The molecule has 4 aromatic rings. The average molecular weight is 461 g/mol. The van der Waals surface area contributed by atoms with Crippen molar-refractivity contribution in [2.24, 2.45) is 0 Å². The number of aromatic nitrogens is 1. The van der Waals surface area contributed by atoms with E-state index in [1.54, 1.807) is 30.6 Å². The fourth-order valence-electron chi connectivity index (χ4n) is 4.93. The first kappa shape index (κ1) is 21.7. The lowest BCUT2D eigenvalue weighted by atomic mass is 9.89. The van der Waals surface area contributed by atoms with Crippen molar-refractivity contribution < 1.29 is 14.6 Å². The number of hydrogen-bond acceptors (Lipinski definition) is 4. The molecular weight excluding hydrogens is 432 g/mol. The van der Waals surface area contributed by atoms with Crippen LogP contribution in [0, 0.1) is 0 Å². The zero-order valence-electron chi connectivity index (χ0n) is 18.7. The van der Waals surface area contributed by atoms with E-state index in [2.05, 4.69) is 44.6 Å². The first-order chi connectivity index (χ1) is 16.1. The number of fused-ring (bicyclic) bond motifs is 1. The Morgan fingerprint density at radius 3 is 2.67 bits per heavy atom. The van der Waals surface area contributed by atoms with Gasteiger partial charge in [0.05, 0.1) is 12.7 Å². The summed E-state index contributed by atoms with van der Waals surface area (Å²) < 4.78 is 7.90. The molecule has 0 radical (unpaired) electrons. The van der Waals surface area contributed by atoms with Gasteiger partial charge in [-0.1, -0.05) is 12.1 Å². The number of thiophene rings is 1. The van der Waals surface area contributed by atoms with Gasteiger partial charge < -0.3 is 14.4 Å². The zero-order chi connectivity index (χ0) is 22.8. The maximum Gasteiger partial charge on any atom is 0.335 e. The summed E-state index contributed by atoms with van der Waals surface area (Å²) in [5.41, 5.74) is 5.41. The van der Waals surface area contributed by atoms with Crippen molar-refractivity contribution in [1.82, 2.24) is 9.47 Å². The van der Waals surface area contributed by atoms with Gasteiger partial charge in [0.1, 0.15) is 5.75 Å². The van der Waals surface area contributed by atoms with Crippen LogP contribution in [0.2, 0.25) is 0 Å². The Balaban J connectivity index is 1.34. The molecule has 1 aliphatic rings. The standard InChI is InChI=1S/C27H28N2O3S/c1-32-23-5-6-26-24(14-23)25(17-29(26)16-20-9-12-33-18-20)21-7-10-28(11-8-21)15-19-3-2-4-22(13-19)27(30)31/h2-6,9,12-14,17-18,21H,7-8,10-11,15-16H2,1H3,(H,30,31). The number of nitrogens with zero attached hydrogens (tertiary/aromatic N) is 2. The van der Waals surface area contributed by atoms with Crippen LogP contribution >= 0.6 is 11.3 Å². The number of rotatable bonds is 7. The highest BCUT2D eigenvalue weighted by molar-refractivity contribution is 7.07. The molecule has 0 unspecified atom stereocenters. The highest BCUT2D eigenvalue weighted by Crippen LogP contribution is 2.36. The second kappa shape index (κ2) is 9.41. The van der Waals surface area contributed by atoms with Crippen molar-refractivity contribution >= 4 is 28.2 Å². The molecule has 0 atom stereocenters. The van der Waals surface area contributed by atoms with E-state index < -0.39 is 5.97 Å². The summed E-state index contributed by atoms with van der Waals surface area (Å²) in [4.78, 5) is 13.7. The van der Waals surface area contributed by atoms with Crippen LogP contribution in [-0.2, 0) is 13.1 Å². The fraction of sp³-hybridized carbons (Fsp3) is 0.296. The molecule has 0 bridgehead atoms. The summed E-state index contributed by atoms with van der Waals surface area (Å²) >= 11 is 1.74. The predicted octanol–water partition coefficient (Wildman–Crippen LogP) is 5.84. The molecule has 1 aliphatic heterocycles. The second-order valence-electron chi connectivity index (χ2n) is 8.78. The zero-order valence-corrected chi connectivity index (χ0v) is 19.6. The number of carboxylic acids is 1. The van der Waals surface area contributed by atoms with E-state index in [0.717, 1.165) is 50.3 Å². The quantitative estimate of drug-likeness (QED) is 0.377. The number of aromatic carboxylic acids is 1. The van der Waals surface area contributed by atoms with E-state index in [9.17, 15) is 9.90 Å². The SMILES string of the molecule is COc1ccc2c(c1)c(C1CCN(Cc3cccc(C(=O)O)c3)CC1)cn2Cc1ccsc1. The topological polar surface area (TPSA) is 54.7 Å². The number of hydrogen-bond donors (Lipinski definition) is 1. The number of carboxylic acid groups (broad SMARTS) is 1. The molecule has 0 aliphatic carbocycles. The number of likely N-dealkylation sites (tertiary alicyclic amines) is 1. The summed E-state index contributed by atoms with van der Waals surface area (Å²) in [6.07, 6.45) is 4.53. The molecule has 2 aromatic heterocycles. The molecule has 1 fully saturated rings. The second-order valence-corrected chi connectivity index (χ2v) is 9.56. The lowest BCUT2D eigenvalue weighted by Gasteiger charge is -2.32. The normalized spacial score (nSPS) is 15.2. The highest BCUT2D eigenvalue weighted by atomic mass is 32.1. The van der Waals surface area contributed by atoms with Gasteiger partial charge in [0.15, 0.2) is 0 Å². The number of benzene rings is 2. The molecule has 33 heavy (non-hydrogen) atoms. The Morgan fingerprint density at radius 2 is 1.94 bits per heavy atom. The molecule has 6 heteroatoms. The third-order valence-electron chi connectivity index (χ3n) is 6.66. The molecule has 170 valence electrons. The maximum absolute atomic E-state index is 11.3. The van der Waals surface area contributed by atoms with Gasteiger partial charge in [0.25, 0.3) is 0 Å². The minimum atomic E-state index is -0.871. The molecule has 1 saturated heterocycles. The summed E-state index contributed by atoms with van der Waals surface area (Å²) in [7, 11) is 1.72. The van der Waals surface area contributed by atoms with E-state index in [0.29, 0.717) is 11.5 Å². The molecule has 0 saturated carbocycles. The molecule has 2 aromatic carbocycles. The first-order valence-corrected chi connectivity index (χ1v) is 12.3. The van der Waals surface area contributed by atoms with Gasteiger partial charge in [-0.3, -0.25) is 4.90 Å². The third-order valence-corrected chi connectivity index (χ3v) is 7.39. The highest BCUT2D eigenvalue weighted by Gasteiger charge is 2.24. The Hall–Kier alpha value is -3.09. The third kappa shape index (κ3) is 4.68. The maximum atomic E-state index is 11.3. The molecule has 0 amide bonds. The van der Waals surface area contributed by atoms with Crippen LogP contribution in [0.4, 0.5) is 0 Å². The lowest BCUT2D eigenvalue weighted by molar-refractivity contribution is 0.0696. The van der Waals surface area contributed by atoms with Crippen molar-refractivity contribution in [3.8, 4) is 5.75 Å². The average Bonchev–Trinajstić information content (AvgIpc) is 3.48. The van der Waals surface area contributed by atoms with Crippen molar-refractivity contribution in [3.05, 3.63) is 87.7 Å². The monoisotopic (exact) mass is 460 g/mol. The van der Waals surface area contributed by atoms with Crippen molar-refractivity contribution in [1.29, 1.82) is 0 Å². The van der Waals surface area contributed by atoms with Gasteiger partial charge in [-0.25, -0.2) is 4.79 Å². The predicted molar refractivity (Wildman–Crippen MR) is 133 cm³/mol. The summed E-state index contributed by atoms with van der Waals surface area (Å²) in [5, 5.41) is 14.9. The molecule has 5 rings (SSSR count). The summed E-state index contributed by atoms with van der Waals surface area (Å²) in [6.45, 7) is 3.68. The molecule has 1 N–H and O–H groups in total. The minimum Gasteiger partial charge on any atom is -0.497 e. The van der Waals surface area contributed by atoms with E-state index in [-0.39, 0.29) is 0 Å². The summed E-state index contributed by atoms with van der Waals surface area (Å²) in [5.74, 6) is 0.530. The van der Waals surface area contributed by atoms with E-state index in [4.69, 9.17) is 4.74 Å². The number of carbonyl (C=O) groups is 1. The van der Waals surface area contributed by atoms with Crippen LogP contribution < -0.4 is 4.74 Å². The van der Waals surface area contributed by atoms with E-state index in [1.165, 1.54) is 22.0 Å². The van der Waals surface area contributed by atoms with E-state index in [1.807, 2.05) is 18.2 Å². The molecule has 3 heterocycles. The van der Waals surface area contributed by atoms with Crippen molar-refractivity contribution in [2.45, 2.75) is 31.8 Å². The van der Waals surface area contributed by atoms with Crippen molar-refractivity contribution in [3.63, 3.8) is 0 Å². The van der Waals surface area contributed by atoms with Crippen LogP contribution in [0.3, 0.4) is 0 Å². The van der Waals surface area contributed by atoms with Gasteiger partial charge in [-0.05, 0) is 95.7 Å². The number of ether oxygens (including phenoxy) is 1. The van der Waals surface area contributed by atoms with Crippen LogP contribution in [-0.4, -0.2) is 40.7 Å². The lowest BCUT2D eigenvalue weighted by Crippen LogP contribution is -2.32. The molecule has 5 nitrogen and oxygen atoms in total. The number of piperidine rings is 1. The Labute approximate surface area is 197 Å². The molecular formula is C27H28N2O3S. The fourth-order valence-corrected chi connectivity index (χ4v) is 5.59. The van der Waals surface area contributed by atoms with Crippen LogP contribution in [0.25, 0.3) is 10.9 Å². The Kier molecular flexibility index (Phi) is 6.20. The largest absolute Gasteiger partial charge is 0.497 e. The van der Waals surface area contributed by atoms with Gasteiger partial charge in [-0.2, -0.15) is 11.3 Å². The van der Waals surface area contributed by atoms with Crippen LogP contribution in [0.15, 0.2) is 65.5 Å². The Bertz CT molecular complexity index is 1250. The van der Waals surface area contributed by atoms with Gasteiger partial charge in [0.2, 0.25) is 0 Å². The van der Waals surface area contributed by atoms with Crippen molar-refractivity contribution in [2.75, 3.05) is 20.2 Å². The number of methoxy groups -OCH3 is 1. The van der Waals surface area contributed by atoms with E-state index >= 15 is 0 Å². The first-order valence-electron chi connectivity index (χ1n) is 11.3. The van der Waals surface area contributed by atoms with Gasteiger partial charge in [0, 0.05) is 30.2 Å². The van der Waals surface area contributed by atoms with Gasteiger partial charge >= 0.3 is 5.97 Å². The van der Waals surface area contributed by atoms with Gasteiger partial charge in [-0.15, -0.1) is 0 Å². The molecule has 0 spiro atoms. The summed E-state index contributed by atoms with van der Waals surface area (Å²) in [6, 6.07) is 15.9. The van der Waals surface area contributed by atoms with Crippen LogP contribution in [0.1, 0.15) is 45.8 Å². The smallest absolute Gasteiger partial charge is 0.335 e. The van der Waals surface area contributed by atoms with Crippen LogP contribution in [0.5, 0.6) is 5.75 Å². The minimum absolute atomic E-state index is 0.356. The Morgan fingerprint density at radius 1 is 1.09 bits per heavy atom.